The molecule has 0 saturated heterocycles. The Labute approximate surface area is 176 Å². The highest BCUT2D eigenvalue weighted by molar-refractivity contribution is 5.51. The SMILES string of the molecule is CCc1cc(C(C)(C)Cc2ccccc2)c(O)c(C(C)(C)Cc2ccccc2)c1. The van der Waals surface area contributed by atoms with E-state index in [1.807, 2.05) is 0 Å². The molecular weight excluding hydrogens is 352 g/mol. The maximum atomic E-state index is 11.4. The van der Waals surface area contributed by atoms with Gasteiger partial charge in [-0.3, -0.25) is 0 Å². The van der Waals surface area contributed by atoms with E-state index in [1.165, 1.54) is 16.7 Å². The van der Waals surface area contributed by atoms with E-state index in [2.05, 4.69) is 107 Å². The highest BCUT2D eigenvalue weighted by atomic mass is 16.3. The van der Waals surface area contributed by atoms with Crippen molar-refractivity contribution in [3.8, 4) is 5.75 Å². The van der Waals surface area contributed by atoms with Gasteiger partial charge in [-0.1, -0.05) is 107 Å². The molecule has 0 saturated carbocycles. The molecule has 152 valence electrons. The summed E-state index contributed by atoms with van der Waals surface area (Å²) in [5, 5.41) is 11.4. The van der Waals surface area contributed by atoms with Crippen LogP contribution >= 0.6 is 0 Å². The van der Waals surface area contributed by atoms with Crippen LogP contribution in [0.2, 0.25) is 0 Å². The lowest BCUT2D eigenvalue weighted by atomic mass is 9.72. The minimum atomic E-state index is -0.159. The number of hydrogen-bond donors (Lipinski definition) is 1. The third kappa shape index (κ3) is 4.90. The first-order valence-electron chi connectivity index (χ1n) is 10.7. The molecule has 0 aliphatic carbocycles. The van der Waals surface area contributed by atoms with Gasteiger partial charge in [0.2, 0.25) is 0 Å². The lowest BCUT2D eigenvalue weighted by Crippen LogP contribution is -2.25. The quantitative estimate of drug-likeness (QED) is 0.464. The van der Waals surface area contributed by atoms with Crippen LogP contribution in [-0.4, -0.2) is 5.11 Å². The summed E-state index contributed by atoms with van der Waals surface area (Å²) in [5.41, 5.74) is 5.67. The van der Waals surface area contributed by atoms with Gasteiger partial charge in [0.15, 0.2) is 0 Å². The zero-order valence-corrected chi connectivity index (χ0v) is 18.5. The molecule has 0 bridgehead atoms. The Balaban J connectivity index is 2.03. The third-order valence-corrected chi connectivity index (χ3v) is 6.01. The Morgan fingerprint density at radius 2 is 1.00 bits per heavy atom. The maximum Gasteiger partial charge on any atom is 0.123 e. The molecule has 1 N–H and O–H groups in total. The van der Waals surface area contributed by atoms with Crippen molar-refractivity contribution in [1.82, 2.24) is 0 Å². The highest BCUT2D eigenvalue weighted by Crippen LogP contribution is 2.42. The van der Waals surface area contributed by atoms with E-state index < -0.39 is 0 Å². The van der Waals surface area contributed by atoms with Gasteiger partial charge in [0.05, 0.1) is 0 Å². The molecule has 0 fully saturated rings. The van der Waals surface area contributed by atoms with Crippen LogP contribution in [-0.2, 0) is 30.1 Å². The van der Waals surface area contributed by atoms with E-state index in [9.17, 15) is 5.11 Å². The van der Waals surface area contributed by atoms with Crippen molar-refractivity contribution in [2.24, 2.45) is 0 Å². The molecule has 0 spiro atoms. The zero-order valence-electron chi connectivity index (χ0n) is 18.5. The van der Waals surface area contributed by atoms with E-state index in [-0.39, 0.29) is 10.8 Å². The summed E-state index contributed by atoms with van der Waals surface area (Å²) in [5.74, 6) is 0.462. The van der Waals surface area contributed by atoms with Crippen molar-refractivity contribution in [3.05, 3.63) is 101 Å². The van der Waals surface area contributed by atoms with E-state index in [4.69, 9.17) is 0 Å². The topological polar surface area (TPSA) is 20.2 Å². The maximum absolute atomic E-state index is 11.4. The lowest BCUT2D eigenvalue weighted by Gasteiger charge is -2.33. The molecule has 0 aliphatic rings. The van der Waals surface area contributed by atoms with Crippen molar-refractivity contribution in [3.63, 3.8) is 0 Å². The molecule has 0 atom stereocenters. The molecule has 0 aromatic heterocycles. The number of phenols is 1. The molecule has 0 heterocycles. The fraction of sp³-hybridized carbons (Fsp3) is 0.357. The van der Waals surface area contributed by atoms with E-state index in [0.717, 1.165) is 30.4 Å². The summed E-state index contributed by atoms with van der Waals surface area (Å²) in [7, 11) is 0. The van der Waals surface area contributed by atoms with Crippen molar-refractivity contribution in [2.45, 2.75) is 64.7 Å². The second-order valence-electron chi connectivity index (χ2n) is 9.49. The number of rotatable bonds is 7. The molecule has 0 aliphatic heterocycles. The van der Waals surface area contributed by atoms with Crippen LogP contribution in [0.5, 0.6) is 5.75 Å². The van der Waals surface area contributed by atoms with Gasteiger partial charge in [-0.2, -0.15) is 0 Å². The lowest BCUT2D eigenvalue weighted by molar-refractivity contribution is 0.405. The monoisotopic (exact) mass is 386 g/mol. The smallest absolute Gasteiger partial charge is 0.123 e. The largest absolute Gasteiger partial charge is 0.507 e. The predicted octanol–water partition coefficient (Wildman–Crippen LogP) is 7.00. The molecule has 0 radical (unpaired) electrons. The van der Waals surface area contributed by atoms with Crippen LogP contribution in [0.4, 0.5) is 0 Å². The number of benzene rings is 3. The van der Waals surface area contributed by atoms with Crippen LogP contribution in [0.1, 0.15) is 62.4 Å². The summed E-state index contributed by atoms with van der Waals surface area (Å²) >= 11 is 0. The Hall–Kier alpha value is -2.54. The first kappa shape index (κ1) is 21.2. The van der Waals surface area contributed by atoms with Gasteiger partial charge >= 0.3 is 0 Å². The molecule has 0 amide bonds. The molecule has 3 aromatic carbocycles. The van der Waals surface area contributed by atoms with Gasteiger partial charge < -0.3 is 5.11 Å². The Bertz CT molecular complexity index is 862. The standard InChI is InChI=1S/C28H34O/c1-6-21-17-24(27(2,3)19-22-13-9-7-10-14-22)26(29)25(18-21)28(4,5)20-23-15-11-8-12-16-23/h7-18,29H,6,19-20H2,1-5H3. The van der Waals surface area contributed by atoms with Crippen LogP contribution in [0.25, 0.3) is 0 Å². The van der Waals surface area contributed by atoms with Crippen LogP contribution in [0, 0.1) is 0 Å². The van der Waals surface area contributed by atoms with E-state index >= 15 is 0 Å². The van der Waals surface area contributed by atoms with Gasteiger partial charge in [0, 0.05) is 11.1 Å². The van der Waals surface area contributed by atoms with E-state index in [1.54, 1.807) is 0 Å². The van der Waals surface area contributed by atoms with Gasteiger partial charge in [-0.15, -0.1) is 0 Å². The molecule has 29 heavy (non-hydrogen) atoms. The molecule has 0 unspecified atom stereocenters. The van der Waals surface area contributed by atoms with Gasteiger partial charge in [-0.05, 0) is 46.8 Å². The van der Waals surface area contributed by atoms with Crippen molar-refractivity contribution in [1.29, 1.82) is 0 Å². The zero-order chi connectivity index (χ0) is 21.1. The molecular formula is C28H34O. The average Bonchev–Trinajstić information content (AvgIpc) is 2.68. The second kappa shape index (κ2) is 8.45. The number of phenolic OH excluding ortho intramolecular Hbond substituents is 1. The van der Waals surface area contributed by atoms with Gasteiger partial charge in [0.1, 0.15) is 5.75 Å². The minimum Gasteiger partial charge on any atom is -0.507 e. The van der Waals surface area contributed by atoms with Crippen LogP contribution in [0.3, 0.4) is 0 Å². The highest BCUT2D eigenvalue weighted by Gasteiger charge is 2.31. The van der Waals surface area contributed by atoms with Gasteiger partial charge in [-0.25, -0.2) is 0 Å². The first-order valence-corrected chi connectivity index (χ1v) is 10.7. The predicted molar refractivity (Wildman–Crippen MR) is 124 cm³/mol. The third-order valence-electron chi connectivity index (χ3n) is 6.01. The van der Waals surface area contributed by atoms with Crippen molar-refractivity contribution < 1.29 is 5.11 Å². The molecule has 3 rings (SSSR count). The molecule has 1 heteroatoms. The van der Waals surface area contributed by atoms with Crippen LogP contribution < -0.4 is 0 Å². The molecule has 1 nitrogen and oxygen atoms in total. The number of hydrogen-bond acceptors (Lipinski definition) is 1. The summed E-state index contributed by atoms with van der Waals surface area (Å²) < 4.78 is 0. The fourth-order valence-corrected chi connectivity index (χ4v) is 4.33. The number of aryl methyl sites for hydroxylation is 1. The fourth-order valence-electron chi connectivity index (χ4n) is 4.33. The number of aromatic hydroxyl groups is 1. The summed E-state index contributed by atoms with van der Waals surface area (Å²) in [6.45, 7) is 11.1. The average molecular weight is 387 g/mol. The Kier molecular flexibility index (Phi) is 6.17. The first-order chi connectivity index (χ1) is 13.7. The summed E-state index contributed by atoms with van der Waals surface area (Å²) in [6.07, 6.45) is 2.75. The summed E-state index contributed by atoms with van der Waals surface area (Å²) in [4.78, 5) is 0. The minimum absolute atomic E-state index is 0.159. The van der Waals surface area contributed by atoms with Crippen molar-refractivity contribution >= 4 is 0 Å². The van der Waals surface area contributed by atoms with Gasteiger partial charge in [0.25, 0.3) is 0 Å². The normalized spacial score (nSPS) is 12.2. The Morgan fingerprint density at radius 1 is 0.621 bits per heavy atom. The van der Waals surface area contributed by atoms with Crippen molar-refractivity contribution in [2.75, 3.05) is 0 Å². The van der Waals surface area contributed by atoms with E-state index in [0.29, 0.717) is 5.75 Å². The molecule has 3 aromatic rings. The summed E-state index contributed by atoms with van der Waals surface area (Å²) in [6, 6.07) is 25.5. The Morgan fingerprint density at radius 3 is 1.34 bits per heavy atom. The van der Waals surface area contributed by atoms with Crippen LogP contribution in [0.15, 0.2) is 72.8 Å². The second-order valence-corrected chi connectivity index (χ2v) is 9.49.